The van der Waals surface area contributed by atoms with Crippen LogP contribution >= 0.6 is 0 Å². The lowest BCUT2D eigenvalue weighted by Crippen LogP contribution is -2.69. The Labute approximate surface area is 732 Å². The third-order valence-corrected chi connectivity index (χ3v) is 28.4. The number of unbranched alkanes of at least 4 members (excludes halogenated alkanes) is 37. The number of Topliss-reactive ketones (excluding diaryl/α,β-unsaturated/α-hetero) is 2. The normalized spacial score (nSPS) is 25.4. The van der Waals surface area contributed by atoms with Gasteiger partial charge in [-0.3, -0.25) is 19.2 Å². The van der Waals surface area contributed by atoms with Gasteiger partial charge in [0.25, 0.3) is 0 Å². The van der Waals surface area contributed by atoms with Gasteiger partial charge in [-0.1, -0.05) is 311 Å². The van der Waals surface area contributed by atoms with Gasteiger partial charge in [-0.15, -0.1) is 0 Å². The van der Waals surface area contributed by atoms with Crippen molar-refractivity contribution in [1.82, 2.24) is 10.6 Å². The fourth-order valence-electron chi connectivity index (χ4n) is 15.6. The van der Waals surface area contributed by atoms with Crippen LogP contribution in [0.1, 0.15) is 399 Å². The molecular formula is C97H181N3O19Si. The second-order valence-electron chi connectivity index (χ2n) is 36.9. The van der Waals surface area contributed by atoms with Crippen molar-refractivity contribution < 1.29 is 90.3 Å². The number of amides is 2. The van der Waals surface area contributed by atoms with Crippen LogP contribution in [0.4, 0.5) is 0 Å². The predicted molar refractivity (Wildman–Crippen MR) is 484 cm³/mol. The fraction of sp³-hybridized carbons (Fsp3) is 0.897. The van der Waals surface area contributed by atoms with E-state index in [1.165, 1.54) is 199 Å². The Hall–Kier alpha value is -3.40. The molecule has 5 saturated heterocycles. The van der Waals surface area contributed by atoms with E-state index in [0.717, 1.165) is 77.0 Å². The largest absolute Gasteiger partial charge is 0.471 e. The summed E-state index contributed by atoms with van der Waals surface area (Å²) >= 11 is 0. The molecule has 5 N–H and O–H groups in total. The number of hydrogen-bond donors (Lipinski definition) is 4. The molecule has 23 heteroatoms. The summed E-state index contributed by atoms with van der Waals surface area (Å²) in [5, 5.41) is 17.6. The summed E-state index contributed by atoms with van der Waals surface area (Å²) in [4.78, 5) is 51.8. The molecule has 0 aromatic carbocycles. The molecule has 5 heterocycles. The number of fused-ring (bicyclic) bond motifs is 2. The zero-order valence-electron chi connectivity index (χ0n) is 79.3. The van der Waals surface area contributed by atoms with Crippen LogP contribution in [0.2, 0.25) is 18.1 Å². The average molecular weight is 1720 g/mol. The number of carbonyl (C=O) groups is 4. The van der Waals surface area contributed by atoms with Crippen molar-refractivity contribution in [2.24, 2.45) is 5.73 Å². The molecule has 0 saturated carbocycles. The first-order valence-corrected chi connectivity index (χ1v) is 51.5. The van der Waals surface area contributed by atoms with Crippen LogP contribution in [0.5, 0.6) is 0 Å². The smallest absolute Gasteiger partial charge is 0.227 e. The molecule has 0 bridgehead atoms. The van der Waals surface area contributed by atoms with Crippen molar-refractivity contribution in [2.45, 2.75) is 521 Å². The Balaban J connectivity index is 0.000000480. The van der Waals surface area contributed by atoms with Gasteiger partial charge in [0, 0.05) is 32.7 Å². The zero-order chi connectivity index (χ0) is 88.3. The van der Waals surface area contributed by atoms with E-state index in [-0.39, 0.29) is 60.3 Å². The molecule has 120 heavy (non-hydrogen) atoms. The lowest BCUT2D eigenvalue weighted by Gasteiger charge is -2.50. The van der Waals surface area contributed by atoms with E-state index < -0.39 is 99.4 Å². The number of carbonyl (C=O) groups excluding carboxylic acids is 4. The minimum atomic E-state index is -2.12. The predicted octanol–water partition coefficient (Wildman–Crippen LogP) is 22.1. The zero-order valence-corrected chi connectivity index (χ0v) is 80.3. The highest BCUT2D eigenvalue weighted by atomic mass is 28.4. The highest BCUT2D eigenvalue weighted by molar-refractivity contribution is 6.74. The molecule has 2 amide bonds. The minimum Gasteiger partial charge on any atom is -0.471 e. The summed E-state index contributed by atoms with van der Waals surface area (Å²) in [6.07, 6.45) is 54.1. The Morgan fingerprint density at radius 2 is 0.733 bits per heavy atom. The maximum Gasteiger partial charge on any atom is 0.227 e. The van der Waals surface area contributed by atoms with Gasteiger partial charge in [0.05, 0.1) is 57.5 Å². The number of ether oxygens (including phenoxy) is 13. The number of aliphatic hydroxyl groups is 1. The molecular weight excluding hydrogens is 1540 g/mol. The van der Waals surface area contributed by atoms with Crippen LogP contribution in [-0.4, -0.2) is 180 Å². The van der Waals surface area contributed by atoms with Crippen LogP contribution in [0.15, 0.2) is 37.0 Å². The summed E-state index contributed by atoms with van der Waals surface area (Å²) in [7, 11) is -2.12. The molecule has 0 radical (unpaired) electrons. The second-order valence-corrected chi connectivity index (χ2v) is 41.7. The molecule has 0 aliphatic carbocycles. The highest BCUT2D eigenvalue weighted by Crippen LogP contribution is 2.39. The standard InChI is InChI=1S/C39H75NO7Si.C36H65NO7.C22H41NO5/c1-9-12-14-16-18-20-21-23-25-27-32(41)30-34(42)40-35-37(44-29-26-24-22-19-17-15-13-10-2)36(43)33(47-38(35)45-28-11-3)31-46-48(7,8)39(4,5)6;1-6-9-11-13-15-17-18-20-22-24-29(38)27-31(39)37-32-34(40-26-23-21-19-16-14-12-10-7-2)33-30(28-42-36(4,5)44-33)43-35(32)41-25-8-3;1-5-7-8-9-10-11-12-13-15-24-20-18(23)21(25-14-6-2)27-17-16-26-22(3,4)28-19(17)20/h11,28,33,35-38,43H,9-10,12-27,29-31H2,1-8H3,(H,40,42);8,25,30,32-35H,6-7,9-24,26-28H2,1-5H3,(H,37,39);6,14,17-21H,5,7-13,15-16,23H2,1-4H3/b28-11-;25-8-;14-6-/t33-,35-,36-,37-,38+;30-,32-,33-,34-,35+;17-,18-,19-,20-,21+/m111/s1. The molecule has 22 nitrogen and oxygen atoms in total. The van der Waals surface area contributed by atoms with Gasteiger partial charge in [0.2, 0.25) is 30.7 Å². The molecule has 0 aromatic heterocycles. The number of nitrogens with one attached hydrogen (secondary N) is 2. The van der Waals surface area contributed by atoms with Crippen LogP contribution in [-0.2, 0) is 85.2 Å². The van der Waals surface area contributed by atoms with Gasteiger partial charge in [0.1, 0.15) is 78.6 Å². The fourth-order valence-corrected chi connectivity index (χ4v) is 16.6. The first kappa shape index (κ1) is 111. The average Bonchev–Trinajstić information content (AvgIpc) is 0.773. The Kier molecular flexibility index (Phi) is 61.0. The first-order chi connectivity index (χ1) is 57.7. The van der Waals surface area contributed by atoms with E-state index in [1.54, 1.807) is 24.7 Å². The third kappa shape index (κ3) is 47.4. The summed E-state index contributed by atoms with van der Waals surface area (Å²) in [5.74, 6) is -2.31. The number of nitrogens with two attached hydrogens (primary N) is 1. The van der Waals surface area contributed by atoms with Crippen LogP contribution in [0, 0.1) is 0 Å². The maximum atomic E-state index is 13.2. The molecule has 5 aliphatic rings. The van der Waals surface area contributed by atoms with Gasteiger partial charge < -0.3 is 87.5 Å². The topological polar surface area (TPSA) is 268 Å². The molecule has 0 spiro atoms. The molecule has 5 rings (SSSR count). The highest BCUT2D eigenvalue weighted by Gasteiger charge is 2.55. The van der Waals surface area contributed by atoms with Crippen molar-refractivity contribution in [2.75, 3.05) is 39.6 Å². The van der Waals surface area contributed by atoms with E-state index in [0.29, 0.717) is 45.9 Å². The Bertz CT molecular complexity index is 2680. The summed E-state index contributed by atoms with van der Waals surface area (Å²) < 4.78 is 85.6. The minimum absolute atomic E-state index is 0.00277. The molecule has 5 fully saturated rings. The second kappa shape index (κ2) is 66.1. The summed E-state index contributed by atoms with van der Waals surface area (Å²) in [5.41, 5.74) is 6.44. The molecule has 0 aromatic rings. The van der Waals surface area contributed by atoms with Crippen LogP contribution in [0.25, 0.3) is 0 Å². The van der Waals surface area contributed by atoms with Crippen molar-refractivity contribution in [1.29, 1.82) is 0 Å². The lowest BCUT2D eigenvalue weighted by atomic mass is 9.94. The van der Waals surface area contributed by atoms with Gasteiger partial charge >= 0.3 is 0 Å². The molecule has 0 unspecified atom stereocenters. The maximum absolute atomic E-state index is 13.2. The number of rotatable bonds is 65. The van der Waals surface area contributed by atoms with Gasteiger partial charge in [-0.2, -0.15) is 0 Å². The molecule has 15 atom stereocenters. The van der Waals surface area contributed by atoms with Crippen molar-refractivity contribution in [3.8, 4) is 0 Å². The van der Waals surface area contributed by atoms with E-state index in [2.05, 4.69) is 79.1 Å². The van der Waals surface area contributed by atoms with Crippen LogP contribution in [0.3, 0.4) is 0 Å². The van der Waals surface area contributed by atoms with E-state index >= 15 is 0 Å². The summed E-state index contributed by atoms with van der Waals surface area (Å²) in [6, 6.07) is -1.84. The van der Waals surface area contributed by atoms with Crippen molar-refractivity contribution >= 4 is 31.7 Å². The van der Waals surface area contributed by atoms with Gasteiger partial charge in [-0.05, 0) is 98.7 Å². The lowest BCUT2D eigenvalue weighted by molar-refractivity contribution is -0.368. The SMILES string of the molecule is C/C=C\O[C@H]1O[C@@H]2COC(C)(C)O[C@H]2[C@H](OCCCCCCCCCC)[C@H]1N.C/C=C\O[C@H]1O[C@@H]2COC(C)(C)O[C@H]2[C@H](OCCCCCCCCCC)[C@H]1NC(=O)CC(=O)CCCCCCCCCCC.C/C=C\O[C@H]1O[C@H](CO[Si](C)(C)C(C)(C)C)[C@@H](O)[C@H](OCCCCCCCCCC)[C@H]1NC(=O)CC(=O)CCCCCCCCCCC. The monoisotopic (exact) mass is 1720 g/mol. The van der Waals surface area contributed by atoms with Crippen molar-refractivity contribution in [3.05, 3.63) is 37.0 Å². The van der Waals surface area contributed by atoms with Gasteiger partial charge in [-0.25, -0.2) is 0 Å². The summed E-state index contributed by atoms with van der Waals surface area (Å²) in [6.45, 7) is 37.8. The molecule has 5 aliphatic heterocycles. The third-order valence-electron chi connectivity index (χ3n) is 23.9. The number of ketones is 2. The molecule has 702 valence electrons. The quantitative estimate of drug-likeness (QED) is 0.0191. The van der Waals surface area contributed by atoms with E-state index in [4.69, 9.17) is 71.7 Å². The van der Waals surface area contributed by atoms with Crippen molar-refractivity contribution in [3.63, 3.8) is 0 Å². The number of hydrogen-bond acceptors (Lipinski definition) is 20. The Morgan fingerprint density at radius 1 is 0.433 bits per heavy atom. The first-order valence-electron chi connectivity index (χ1n) is 48.6. The number of allylic oxidation sites excluding steroid dienone is 3. The van der Waals surface area contributed by atoms with E-state index in [1.807, 2.05) is 54.5 Å². The Morgan fingerprint density at radius 3 is 1.09 bits per heavy atom. The van der Waals surface area contributed by atoms with Gasteiger partial charge in [0.15, 0.2) is 19.9 Å². The van der Waals surface area contributed by atoms with Crippen LogP contribution < -0.4 is 16.4 Å². The number of aliphatic hydroxyl groups excluding tert-OH is 1. The van der Waals surface area contributed by atoms with E-state index in [9.17, 15) is 24.3 Å².